The molecule has 5 nitrogen and oxygen atoms in total. The number of rotatable bonds is 5. The van der Waals surface area contributed by atoms with Crippen molar-refractivity contribution in [3.63, 3.8) is 0 Å². The minimum absolute atomic E-state index is 0.138. The van der Waals surface area contributed by atoms with Gasteiger partial charge >= 0.3 is 0 Å². The zero-order valence-electron chi connectivity index (χ0n) is 15.1. The van der Waals surface area contributed by atoms with Gasteiger partial charge < -0.3 is 5.32 Å². The van der Waals surface area contributed by atoms with Crippen LogP contribution in [0.3, 0.4) is 0 Å². The van der Waals surface area contributed by atoms with E-state index in [1.54, 1.807) is 18.2 Å². The van der Waals surface area contributed by atoms with E-state index in [9.17, 15) is 13.2 Å². The van der Waals surface area contributed by atoms with E-state index in [0.29, 0.717) is 5.69 Å². The summed E-state index contributed by atoms with van der Waals surface area (Å²) in [5.74, 6) is -0.216. The van der Waals surface area contributed by atoms with Crippen molar-refractivity contribution in [1.82, 2.24) is 4.90 Å². The van der Waals surface area contributed by atoms with E-state index in [1.165, 1.54) is 17.2 Å². The second kappa shape index (κ2) is 7.60. The highest BCUT2D eigenvalue weighted by Crippen LogP contribution is 2.33. The first-order valence-corrected chi connectivity index (χ1v) is 10.6. The van der Waals surface area contributed by atoms with E-state index in [0.717, 1.165) is 25.5 Å². The Morgan fingerprint density at radius 2 is 1.85 bits per heavy atom. The van der Waals surface area contributed by atoms with Crippen LogP contribution >= 0.6 is 0 Å². The Kier molecular flexibility index (Phi) is 5.44. The number of hydrogen-bond acceptors (Lipinski definition) is 4. The molecule has 0 heterocycles. The number of fused-ring (bicyclic) bond motifs is 1. The van der Waals surface area contributed by atoms with Crippen LogP contribution in [0.25, 0.3) is 0 Å². The maximum atomic E-state index is 12.5. The number of aryl methyl sites for hydroxylation is 1. The van der Waals surface area contributed by atoms with Crippen molar-refractivity contribution in [2.45, 2.75) is 30.2 Å². The predicted molar refractivity (Wildman–Crippen MR) is 103 cm³/mol. The maximum Gasteiger partial charge on any atom is 0.238 e. The lowest BCUT2D eigenvalue weighted by molar-refractivity contribution is -0.117. The van der Waals surface area contributed by atoms with Crippen LogP contribution in [0.4, 0.5) is 5.69 Å². The molecule has 3 rings (SSSR count). The summed E-state index contributed by atoms with van der Waals surface area (Å²) in [5, 5.41) is 2.75. The number of hydrogen-bond donors (Lipinski definition) is 1. The van der Waals surface area contributed by atoms with Crippen molar-refractivity contribution in [3.05, 3.63) is 59.7 Å². The Bertz CT molecular complexity index is 909. The Morgan fingerprint density at radius 3 is 2.62 bits per heavy atom. The lowest BCUT2D eigenvalue weighted by Gasteiger charge is -2.32. The maximum absolute atomic E-state index is 12.5. The van der Waals surface area contributed by atoms with E-state index in [4.69, 9.17) is 0 Å². The highest BCUT2D eigenvalue weighted by Gasteiger charge is 2.25. The van der Waals surface area contributed by atoms with Crippen LogP contribution in [0.15, 0.2) is 53.4 Å². The van der Waals surface area contributed by atoms with Gasteiger partial charge in [-0.25, -0.2) is 8.42 Å². The van der Waals surface area contributed by atoms with Crippen LogP contribution in [0, 0.1) is 0 Å². The van der Waals surface area contributed by atoms with Crippen molar-refractivity contribution in [3.8, 4) is 0 Å². The molecule has 2 aromatic carbocycles. The van der Waals surface area contributed by atoms with Gasteiger partial charge in [0.05, 0.1) is 17.1 Å². The minimum Gasteiger partial charge on any atom is -0.324 e. The lowest BCUT2D eigenvalue weighted by Crippen LogP contribution is -2.35. The fraction of sp³-hybridized carbons (Fsp3) is 0.350. The molecule has 6 heteroatoms. The predicted octanol–water partition coefficient (Wildman–Crippen LogP) is 3.04. The average molecular weight is 372 g/mol. The number of nitrogens with zero attached hydrogens (tertiary/aromatic N) is 1. The third kappa shape index (κ3) is 4.14. The Labute approximate surface area is 154 Å². The van der Waals surface area contributed by atoms with Crippen LogP contribution in [0.1, 0.15) is 30.0 Å². The summed E-state index contributed by atoms with van der Waals surface area (Å²) >= 11 is 0. The molecule has 0 saturated carbocycles. The minimum atomic E-state index is -3.40. The molecule has 1 aliphatic carbocycles. The summed E-state index contributed by atoms with van der Waals surface area (Å²) in [7, 11) is -1.46. The summed E-state index contributed by atoms with van der Waals surface area (Å²) in [6.07, 6.45) is 4.34. The zero-order chi connectivity index (χ0) is 18.7. The summed E-state index contributed by atoms with van der Waals surface area (Å²) in [6.45, 7) is 0.205. The van der Waals surface area contributed by atoms with Crippen molar-refractivity contribution in [2.75, 3.05) is 25.2 Å². The normalized spacial score (nSPS) is 17.0. The second-order valence-electron chi connectivity index (χ2n) is 6.84. The van der Waals surface area contributed by atoms with Gasteiger partial charge in [-0.05, 0) is 49.6 Å². The smallest absolute Gasteiger partial charge is 0.238 e. The van der Waals surface area contributed by atoms with Gasteiger partial charge in [0.25, 0.3) is 0 Å². The molecule has 0 aromatic heterocycles. The van der Waals surface area contributed by atoms with Crippen molar-refractivity contribution in [2.24, 2.45) is 0 Å². The van der Waals surface area contributed by atoms with Gasteiger partial charge in [-0.15, -0.1) is 0 Å². The third-order valence-electron chi connectivity index (χ3n) is 4.82. The Morgan fingerprint density at radius 1 is 1.15 bits per heavy atom. The molecule has 0 radical (unpaired) electrons. The largest absolute Gasteiger partial charge is 0.324 e. The highest BCUT2D eigenvalue weighted by molar-refractivity contribution is 7.90. The standard InChI is InChI=1S/C20H24N2O3S/c1-22(18-12-7-9-15-8-3-4-10-16(15)18)14-20(23)21-17-11-5-6-13-19(17)26(2,24)25/h3-6,8,10-11,13,18H,7,9,12,14H2,1-2H3,(H,21,23)/t18-/m1/s1. The number of para-hydroxylation sites is 1. The number of sulfone groups is 1. The molecular weight excluding hydrogens is 348 g/mol. The number of carbonyl (C=O) groups is 1. The van der Waals surface area contributed by atoms with E-state index >= 15 is 0 Å². The Hall–Kier alpha value is -2.18. The third-order valence-corrected chi connectivity index (χ3v) is 5.98. The average Bonchev–Trinajstić information content (AvgIpc) is 2.60. The van der Waals surface area contributed by atoms with Gasteiger partial charge in [0.1, 0.15) is 0 Å². The Balaban J connectivity index is 1.72. The van der Waals surface area contributed by atoms with Crippen LogP contribution < -0.4 is 5.32 Å². The molecule has 0 bridgehead atoms. The van der Waals surface area contributed by atoms with E-state index < -0.39 is 9.84 Å². The van der Waals surface area contributed by atoms with Crippen molar-refractivity contribution >= 4 is 21.4 Å². The quantitative estimate of drug-likeness (QED) is 0.876. The van der Waals surface area contributed by atoms with Crippen LogP contribution in [-0.4, -0.2) is 39.1 Å². The monoisotopic (exact) mass is 372 g/mol. The molecule has 0 saturated heterocycles. The van der Waals surface area contributed by atoms with Crippen molar-refractivity contribution < 1.29 is 13.2 Å². The van der Waals surface area contributed by atoms with Gasteiger partial charge in [-0.1, -0.05) is 36.4 Å². The van der Waals surface area contributed by atoms with Gasteiger partial charge in [-0.2, -0.15) is 0 Å². The first-order chi connectivity index (χ1) is 12.4. The molecule has 0 spiro atoms. The number of benzene rings is 2. The highest BCUT2D eigenvalue weighted by atomic mass is 32.2. The van der Waals surface area contributed by atoms with Crippen LogP contribution in [0.2, 0.25) is 0 Å². The lowest BCUT2D eigenvalue weighted by atomic mass is 9.87. The SMILES string of the molecule is CN(CC(=O)Nc1ccccc1S(C)(=O)=O)[C@@H]1CCCc2ccccc21. The van der Waals surface area contributed by atoms with Crippen LogP contribution in [-0.2, 0) is 21.1 Å². The first-order valence-electron chi connectivity index (χ1n) is 8.73. The summed E-state index contributed by atoms with van der Waals surface area (Å²) < 4.78 is 23.8. The molecule has 1 aliphatic rings. The number of nitrogens with one attached hydrogen (secondary N) is 1. The topological polar surface area (TPSA) is 66.5 Å². The molecular formula is C20H24N2O3S. The fourth-order valence-electron chi connectivity index (χ4n) is 3.61. The van der Waals surface area contributed by atoms with Gasteiger partial charge in [-0.3, -0.25) is 9.69 Å². The molecule has 26 heavy (non-hydrogen) atoms. The summed E-state index contributed by atoms with van der Waals surface area (Å²) in [5.41, 5.74) is 2.96. The second-order valence-corrected chi connectivity index (χ2v) is 8.82. The zero-order valence-corrected chi connectivity index (χ0v) is 15.9. The molecule has 0 aliphatic heterocycles. The number of amides is 1. The van der Waals surface area contributed by atoms with Gasteiger partial charge in [0.15, 0.2) is 9.84 Å². The number of carbonyl (C=O) groups excluding carboxylic acids is 1. The molecule has 0 fully saturated rings. The first kappa shape index (κ1) is 18.6. The van der Waals surface area contributed by atoms with E-state index in [1.807, 2.05) is 18.0 Å². The molecule has 1 amide bonds. The fourth-order valence-corrected chi connectivity index (χ4v) is 4.45. The molecule has 0 unspecified atom stereocenters. The van der Waals surface area contributed by atoms with Gasteiger partial charge in [0.2, 0.25) is 5.91 Å². The van der Waals surface area contributed by atoms with Crippen LogP contribution in [0.5, 0.6) is 0 Å². The van der Waals surface area contributed by atoms with Crippen molar-refractivity contribution in [1.29, 1.82) is 0 Å². The number of likely N-dealkylation sites (N-methyl/N-ethyl adjacent to an activating group) is 1. The summed E-state index contributed by atoms with van der Waals surface area (Å²) in [6, 6.07) is 15.1. The molecule has 138 valence electrons. The molecule has 1 N–H and O–H groups in total. The summed E-state index contributed by atoms with van der Waals surface area (Å²) in [4.78, 5) is 14.7. The van der Waals surface area contributed by atoms with E-state index in [-0.39, 0.29) is 23.4 Å². The van der Waals surface area contributed by atoms with Gasteiger partial charge in [0, 0.05) is 12.3 Å². The molecule has 1 atom stereocenters. The molecule has 2 aromatic rings. The van der Waals surface area contributed by atoms with E-state index in [2.05, 4.69) is 23.5 Å². The number of anilines is 1.